The molecule has 5 nitrogen and oxygen atoms in total. The van der Waals surface area contributed by atoms with Crippen LogP contribution in [0, 0.1) is 18.8 Å². The number of fused-ring (bicyclic) bond motifs is 2. The second-order valence-electron chi connectivity index (χ2n) is 9.40. The molecule has 31 heavy (non-hydrogen) atoms. The number of pyridine rings is 1. The number of nitrogens with one attached hydrogen (secondary N) is 1. The summed E-state index contributed by atoms with van der Waals surface area (Å²) in [4.78, 5) is 25.9. The monoisotopic (exact) mass is 528 g/mol. The van der Waals surface area contributed by atoms with Gasteiger partial charge in [0.05, 0.1) is 10.2 Å². The number of benzene rings is 1. The first-order chi connectivity index (χ1) is 14.9. The van der Waals surface area contributed by atoms with Crippen LogP contribution in [0.25, 0.3) is 22.2 Å². The number of halogens is 1. The molecule has 1 amide bonds. The molecule has 2 unspecified atom stereocenters. The number of aromatic amines is 1. The molecule has 2 aromatic heterocycles. The molecule has 2 aliphatic rings. The van der Waals surface area contributed by atoms with E-state index in [2.05, 4.69) is 80.5 Å². The number of alkyl halides is 1. The van der Waals surface area contributed by atoms with Gasteiger partial charge in [-0.15, -0.1) is 0 Å². The standard InChI is InChI=1S/C25H29IN4O/c1-15(2)23-21-9-18(25(31)30-12-19-10-29(14-26)11-20(19)13-30)4-5-22(21)28-24(23)17-6-7-27-16(3)8-17/h4-9,15,19-20,28H,10-14H2,1-3H3. The lowest BCUT2D eigenvalue weighted by Gasteiger charge is -2.20. The number of likely N-dealkylation sites (tertiary alicyclic amines) is 2. The average molecular weight is 528 g/mol. The van der Waals surface area contributed by atoms with Crippen LogP contribution in [0.5, 0.6) is 0 Å². The van der Waals surface area contributed by atoms with Crippen molar-refractivity contribution in [2.24, 2.45) is 11.8 Å². The highest BCUT2D eigenvalue weighted by atomic mass is 127. The quantitative estimate of drug-likeness (QED) is 0.293. The van der Waals surface area contributed by atoms with E-state index in [4.69, 9.17) is 0 Å². The van der Waals surface area contributed by atoms with E-state index in [-0.39, 0.29) is 5.91 Å². The van der Waals surface area contributed by atoms with Gasteiger partial charge in [0.1, 0.15) is 0 Å². The van der Waals surface area contributed by atoms with Crippen molar-refractivity contribution in [3.8, 4) is 11.3 Å². The number of H-pyrrole nitrogens is 1. The lowest BCUT2D eigenvalue weighted by molar-refractivity contribution is 0.0776. The molecule has 0 saturated carbocycles. The van der Waals surface area contributed by atoms with Gasteiger partial charge in [0.15, 0.2) is 0 Å². The number of carbonyl (C=O) groups is 1. The number of amides is 1. The molecule has 1 N–H and O–H groups in total. The van der Waals surface area contributed by atoms with Crippen molar-refractivity contribution in [2.45, 2.75) is 26.7 Å². The highest BCUT2D eigenvalue weighted by molar-refractivity contribution is 14.1. The minimum Gasteiger partial charge on any atom is -0.354 e. The number of hydrogen-bond donors (Lipinski definition) is 1. The molecule has 2 saturated heterocycles. The molecule has 5 rings (SSSR count). The van der Waals surface area contributed by atoms with Gasteiger partial charge in [-0.2, -0.15) is 0 Å². The van der Waals surface area contributed by atoms with Gasteiger partial charge in [-0.05, 0) is 60.6 Å². The Bertz CT molecular complexity index is 1120. The largest absolute Gasteiger partial charge is 0.354 e. The molecule has 2 fully saturated rings. The topological polar surface area (TPSA) is 52.2 Å². The second-order valence-corrected chi connectivity index (χ2v) is 10.1. The van der Waals surface area contributed by atoms with Gasteiger partial charge in [-0.3, -0.25) is 14.7 Å². The van der Waals surface area contributed by atoms with E-state index >= 15 is 0 Å². The first kappa shape index (κ1) is 20.9. The van der Waals surface area contributed by atoms with E-state index in [1.807, 2.05) is 19.2 Å². The van der Waals surface area contributed by atoms with Crippen LogP contribution in [0.4, 0.5) is 0 Å². The molecule has 162 valence electrons. The van der Waals surface area contributed by atoms with E-state index in [1.165, 1.54) is 5.56 Å². The first-order valence-corrected chi connectivity index (χ1v) is 12.6. The van der Waals surface area contributed by atoms with Gasteiger partial charge in [-0.25, -0.2) is 0 Å². The molecular formula is C25H29IN4O. The smallest absolute Gasteiger partial charge is 0.253 e. The van der Waals surface area contributed by atoms with Gasteiger partial charge in [0.25, 0.3) is 5.91 Å². The summed E-state index contributed by atoms with van der Waals surface area (Å²) >= 11 is 2.44. The number of carbonyl (C=O) groups excluding carboxylic acids is 1. The van der Waals surface area contributed by atoms with Gasteiger partial charge < -0.3 is 9.88 Å². The van der Waals surface area contributed by atoms with Gasteiger partial charge in [0.2, 0.25) is 0 Å². The van der Waals surface area contributed by atoms with E-state index in [0.717, 1.165) is 64.1 Å². The number of aromatic nitrogens is 2. The molecule has 3 aromatic rings. The summed E-state index contributed by atoms with van der Waals surface area (Å²) in [5, 5.41) is 1.15. The summed E-state index contributed by atoms with van der Waals surface area (Å²) in [6, 6.07) is 10.3. The number of aryl methyl sites for hydroxylation is 1. The van der Waals surface area contributed by atoms with E-state index < -0.39 is 0 Å². The average Bonchev–Trinajstić information content (AvgIpc) is 3.43. The molecule has 2 aliphatic heterocycles. The lowest BCUT2D eigenvalue weighted by atomic mass is 9.95. The van der Waals surface area contributed by atoms with Crippen LogP contribution < -0.4 is 0 Å². The Hall–Kier alpha value is -1.93. The highest BCUT2D eigenvalue weighted by Crippen LogP contribution is 2.37. The Balaban J connectivity index is 1.47. The molecule has 6 heteroatoms. The van der Waals surface area contributed by atoms with Crippen molar-refractivity contribution in [1.82, 2.24) is 19.8 Å². The zero-order valence-electron chi connectivity index (χ0n) is 18.4. The van der Waals surface area contributed by atoms with E-state index in [1.54, 1.807) is 0 Å². The van der Waals surface area contributed by atoms with Crippen molar-refractivity contribution in [3.05, 3.63) is 53.3 Å². The summed E-state index contributed by atoms with van der Waals surface area (Å²) in [7, 11) is 0. The number of nitrogens with zero attached hydrogens (tertiary/aromatic N) is 3. The minimum atomic E-state index is 0.175. The molecule has 0 radical (unpaired) electrons. The Morgan fingerprint density at radius 3 is 2.55 bits per heavy atom. The molecule has 4 heterocycles. The molecule has 0 bridgehead atoms. The first-order valence-electron chi connectivity index (χ1n) is 11.1. The van der Waals surface area contributed by atoms with Gasteiger partial charge in [0, 0.05) is 60.1 Å². The van der Waals surface area contributed by atoms with Crippen LogP contribution in [0.2, 0.25) is 0 Å². The summed E-state index contributed by atoms with van der Waals surface area (Å²) in [6.45, 7) is 10.5. The summed E-state index contributed by atoms with van der Waals surface area (Å²) in [6.07, 6.45) is 1.86. The number of rotatable bonds is 4. The van der Waals surface area contributed by atoms with Crippen LogP contribution in [0.15, 0.2) is 36.5 Å². The third kappa shape index (κ3) is 3.78. The van der Waals surface area contributed by atoms with Crippen molar-refractivity contribution in [3.63, 3.8) is 0 Å². The summed E-state index contributed by atoms with van der Waals surface area (Å²) in [5.41, 5.74) is 6.44. The Kier molecular flexibility index (Phi) is 5.54. The predicted molar refractivity (Wildman–Crippen MR) is 134 cm³/mol. The normalized spacial score (nSPS) is 21.4. The summed E-state index contributed by atoms with van der Waals surface area (Å²) < 4.78 is 1.08. The predicted octanol–water partition coefficient (Wildman–Crippen LogP) is 5.06. The van der Waals surface area contributed by atoms with Crippen LogP contribution >= 0.6 is 22.6 Å². The molecular weight excluding hydrogens is 499 g/mol. The van der Waals surface area contributed by atoms with Crippen LogP contribution in [0.1, 0.15) is 41.4 Å². The SMILES string of the molecule is Cc1cc(-c2[nH]c3ccc(C(=O)N4CC5CN(CI)CC5C4)cc3c2C(C)C)ccn1. The fraction of sp³-hybridized carbons (Fsp3) is 0.440. The van der Waals surface area contributed by atoms with Gasteiger partial charge in [-0.1, -0.05) is 36.4 Å². The second kappa shape index (κ2) is 8.20. The zero-order valence-corrected chi connectivity index (χ0v) is 20.5. The zero-order chi connectivity index (χ0) is 21.7. The van der Waals surface area contributed by atoms with Crippen molar-refractivity contribution >= 4 is 39.4 Å². The Morgan fingerprint density at radius 1 is 1.16 bits per heavy atom. The molecule has 0 aliphatic carbocycles. The third-order valence-corrected chi connectivity index (χ3v) is 7.83. The fourth-order valence-electron chi connectivity index (χ4n) is 5.41. The highest BCUT2D eigenvalue weighted by Gasteiger charge is 2.41. The molecule has 0 spiro atoms. The molecule has 1 aromatic carbocycles. The summed E-state index contributed by atoms with van der Waals surface area (Å²) in [5.74, 6) is 1.77. The van der Waals surface area contributed by atoms with E-state index in [9.17, 15) is 4.79 Å². The van der Waals surface area contributed by atoms with Crippen LogP contribution in [0.3, 0.4) is 0 Å². The van der Waals surface area contributed by atoms with E-state index in [0.29, 0.717) is 17.8 Å². The Labute approximate surface area is 197 Å². The van der Waals surface area contributed by atoms with Crippen molar-refractivity contribution in [1.29, 1.82) is 0 Å². The van der Waals surface area contributed by atoms with Crippen molar-refractivity contribution < 1.29 is 4.79 Å². The van der Waals surface area contributed by atoms with Gasteiger partial charge >= 0.3 is 0 Å². The maximum Gasteiger partial charge on any atom is 0.253 e. The Morgan fingerprint density at radius 2 is 1.90 bits per heavy atom. The maximum atomic E-state index is 13.4. The van der Waals surface area contributed by atoms with Crippen molar-refractivity contribution in [2.75, 3.05) is 30.7 Å². The van der Waals surface area contributed by atoms with Crippen LogP contribution in [-0.4, -0.2) is 56.4 Å². The number of hydrogen-bond acceptors (Lipinski definition) is 3. The minimum absolute atomic E-state index is 0.175. The molecule has 2 atom stereocenters. The lowest BCUT2D eigenvalue weighted by Crippen LogP contribution is -2.32. The fourth-order valence-corrected chi connectivity index (χ4v) is 5.97. The third-order valence-electron chi connectivity index (χ3n) is 6.87. The van der Waals surface area contributed by atoms with Crippen LogP contribution in [-0.2, 0) is 0 Å². The maximum absolute atomic E-state index is 13.4.